The molecule has 0 aliphatic carbocycles. The zero-order chi connectivity index (χ0) is 21.9. The topological polar surface area (TPSA) is 15.6 Å². The number of fused-ring (bicyclic) bond motifs is 1. The highest BCUT2D eigenvalue weighted by Gasteiger charge is 2.05. The van der Waals surface area contributed by atoms with Crippen molar-refractivity contribution >= 4 is 28.8 Å². The maximum Gasteiger partial charge on any atom is 0.0378 e. The van der Waals surface area contributed by atoms with Gasteiger partial charge in [-0.25, -0.2) is 0 Å². The van der Waals surface area contributed by atoms with E-state index in [9.17, 15) is 0 Å². The first-order valence-electron chi connectivity index (χ1n) is 10.4. The highest BCUT2D eigenvalue weighted by molar-refractivity contribution is 5.88. The minimum atomic E-state index is 0.913. The molecule has 156 valence electrons. The van der Waals surface area contributed by atoms with E-state index < -0.39 is 0 Å². The van der Waals surface area contributed by atoms with E-state index in [1.165, 1.54) is 33.2 Å². The summed E-state index contributed by atoms with van der Waals surface area (Å²) in [6.45, 7) is 14.3. The molecule has 2 aromatic rings. The van der Waals surface area contributed by atoms with E-state index >= 15 is 0 Å². The Bertz CT molecular complexity index is 988. The second-order valence-corrected chi connectivity index (χ2v) is 7.87. The van der Waals surface area contributed by atoms with Gasteiger partial charge >= 0.3 is 0 Å². The van der Waals surface area contributed by atoms with Crippen LogP contribution < -0.4 is 4.90 Å². The van der Waals surface area contributed by atoms with Crippen molar-refractivity contribution in [2.75, 3.05) is 25.0 Å². The summed E-state index contributed by atoms with van der Waals surface area (Å²) in [6.07, 6.45) is 14.3. The molecule has 0 aliphatic heterocycles. The average Bonchev–Trinajstić information content (AvgIpc) is 2.73. The van der Waals surface area contributed by atoms with Crippen molar-refractivity contribution in [1.82, 2.24) is 0 Å². The molecule has 0 saturated heterocycles. The Morgan fingerprint density at radius 2 is 1.57 bits per heavy atom. The monoisotopic (exact) mass is 398 g/mol. The van der Waals surface area contributed by atoms with Crippen molar-refractivity contribution in [2.45, 2.75) is 27.7 Å². The Hall–Kier alpha value is -3.13. The third kappa shape index (κ3) is 7.36. The van der Waals surface area contributed by atoms with Crippen molar-refractivity contribution in [2.24, 2.45) is 4.99 Å². The third-order valence-corrected chi connectivity index (χ3v) is 4.77. The summed E-state index contributed by atoms with van der Waals surface area (Å²) in [5.74, 6) is 0. The van der Waals surface area contributed by atoms with Gasteiger partial charge < -0.3 is 4.90 Å². The van der Waals surface area contributed by atoms with E-state index in [-0.39, 0.29) is 0 Å². The predicted molar refractivity (Wildman–Crippen MR) is 137 cm³/mol. The zero-order valence-electron chi connectivity index (χ0n) is 19.0. The fourth-order valence-corrected chi connectivity index (χ4v) is 2.97. The SMILES string of the molecule is C=CC(/C=C/c1ccc2cc(N(CC=C(C)C)CC=C(C)C)ccc2c1)=C\C=NC. The van der Waals surface area contributed by atoms with E-state index in [0.29, 0.717) is 0 Å². The molecule has 0 spiro atoms. The fraction of sp³-hybridized carbons (Fsp3) is 0.250. The number of aliphatic imine (C=N–C) groups is 1. The summed E-state index contributed by atoms with van der Waals surface area (Å²) in [6, 6.07) is 13.3. The summed E-state index contributed by atoms with van der Waals surface area (Å²) in [5.41, 5.74) is 6.13. The summed E-state index contributed by atoms with van der Waals surface area (Å²) in [5, 5.41) is 2.49. The van der Waals surface area contributed by atoms with E-state index in [1.54, 1.807) is 13.3 Å². The highest BCUT2D eigenvalue weighted by Crippen LogP contribution is 2.24. The summed E-state index contributed by atoms with van der Waals surface area (Å²) >= 11 is 0. The minimum absolute atomic E-state index is 0.913. The van der Waals surface area contributed by atoms with Gasteiger partial charge in [-0.05, 0) is 73.9 Å². The maximum atomic E-state index is 3.99. The summed E-state index contributed by atoms with van der Waals surface area (Å²) < 4.78 is 0. The molecule has 0 unspecified atom stereocenters. The molecule has 2 aromatic carbocycles. The molecule has 0 aromatic heterocycles. The van der Waals surface area contributed by atoms with Crippen LogP contribution in [0.1, 0.15) is 33.3 Å². The number of hydrogen-bond donors (Lipinski definition) is 0. The Labute approximate surface area is 182 Å². The molecule has 0 N–H and O–H groups in total. The van der Waals surface area contributed by atoms with Crippen LogP contribution in [0.25, 0.3) is 16.8 Å². The van der Waals surface area contributed by atoms with Crippen LogP contribution in [0, 0.1) is 0 Å². The first-order chi connectivity index (χ1) is 14.4. The molecule has 0 saturated carbocycles. The molecule has 0 heterocycles. The lowest BCUT2D eigenvalue weighted by molar-refractivity contribution is 0.942. The summed E-state index contributed by atoms with van der Waals surface area (Å²) in [4.78, 5) is 6.40. The zero-order valence-corrected chi connectivity index (χ0v) is 19.0. The van der Waals surface area contributed by atoms with Gasteiger partial charge in [0, 0.05) is 32.0 Å². The van der Waals surface area contributed by atoms with Gasteiger partial charge in [0.05, 0.1) is 0 Å². The molecule has 0 aliphatic rings. The molecular weight excluding hydrogens is 364 g/mol. The van der Waals surface area contributed by atoms with Gasteiger partial charge in [0.2, 0.25) is 0 Å². The molecule has 30 heavy (non-hydrogen) atoms. The third-order valence-electron chi connectivity index (χ3n) is 4.77. The van der Waals surface area contributed by atoms with E-state index in [2.05, 4.69) is 105 Å². The Morgan fingerprint density at radius 3 is 2.17 bits per heavy atom. The van der Waals surface area contributed by atoms with Gasteiger partial charge in [-0.15, -0.1) is 0 Å². The molecular formula is C28H34N2. The number of nitrogens with zero attached hydrogens (tertiary/aromatic N) is 2. The number of anilines is 1. The smallest absolute Gasteiger partial charge is 0.0378 e. The van der Waals surface area contributed by atoms with Crippen LogP contribution in [0.5, 0.6) is 0 Å². The van der Waals surface area contributed by atoms with E-state index in [0.717, 1.165) is 18.7 Å². The standard InChI is InChI=1S/C28H34N2/c1-7-24(14-17-29-6)8-9-25-10-11-27-21-28(13-12-26(27)20-25)30(18-15-22(2)3)19-16-23(4)5/h7-17,20-21H,1,18-19H2,2-6H3/b9-8+,24-14+,29-17?. The number of benzene rings is 2. The summed E-state index contributed by atoms with van der Waals surface area (Å²) in [7, 11) is 1.76. The lowest BCUT2D eigenvalue weighted by Crippen LogP contribution is -2.23. The second-order valence-electron chi connectivity index (χ2n) is 7.87. The molecule has 2 nitrogen and oxygen atoms in total. The Balaban J connectivity index is 2.31. The minimum Gasteiger partial charge on any atom is -0.364 e. The maximum absolute atomic E-state index is 3.99. The van der Waals surface area contributed by atoms with Crippen LogP contribution in [0.3, 0.4) is 0 Å². The molecule has 0 atom stereocenters. The molecule has 0 bridgehead atoms. The van der Waals surface area contributed by atoms with Crippen molar-refractivity contribution < 1.29 is 0 Å². The molecule has 0 amide bonds. The normalized spacial score (nSPS) is 11.8. The van der Waals surface area contributed by atoms with Crippen molar-refractivity contribution in [3.05, 3.63) is 95.6 Å². The van der Waals surface area contributed by atoms with Crippen LogP contribution in [0.2, 0.25) is 0 Å². The van der Waals surface area contributed by atoms with Crippen LogP contribution in [-0.4, -0.2) is 26.4 Å². The average molecular weight is 399 g/mol. The first kappa shape index (κ1) is 23.2. The lowest BCUT2D eigenvalue weighted by Gasteiger charge is -2.23. The Morgan fingerprint density at radius 1 is 0.933 bits per heavy atom. The van der Waals surface area contributed by atoms with Crippen molar-refractivity contribution in [3.8, 4) is 0 Å². The first-order valence-corrected chi connectivity index (χ1v) is 10.4. The van der Waals surface area contributed by atoms with E-state index in [1.807, 2.05) is 12.2 Å². The van der Waals surface area contributed by atoms with Gasteiger partial charge in [0.15, 0.2) is 0 Å². The molecule has 0 fully saturated rings. The van der Waals surface area contributed by atoms with Crippen molar-refractivity contribution in [1.29, 1.82) is 0 Å². The van der Waals surface area contributed by atoms with Gasteiger partial charge in [0.25, 0.3) is 0 Å². The number of rotatable bonds is 9. The van der Waals surface area contributed by atoms with Crippen LogP contribution in [0.15, 0.2) is 95.1 Å². The Kier molecular flexibility index (Phi) is 9.08. The van der Waals surface area contributed by atoms with Crippen LogP contribution in [0.4, 0.5) is 5.69 Å². The molecule has 0 radical (unpaired) electrons. The molecule has 2 heteroatoms. The van der Waals surface area contributed by atoms with Gasteiger partial charge in [-0.1, -0.05) is 66.3 Å². The van der Waals surface area contributed by atoms with E-state index in [4.69, 9.17) is 0 Å². The fourth-order valence-electron chi connectivity index (χ4n) is 2.97. The van der Waals surface area contributed by atoms with Gasteiger partial charge in [0.1, 0.15) is 0 Å². The second kappa shape index (κ2) is 11.8. The van der Waals surface area contributed by atoms with Gasteiger partial charge in [-0.2, -0.15) is 0 Å². The van der Waals surface area contributed by atoms with Gasteiger partial charge in [-0.3, -0.25) is 4.99 Å². The quantitative estimate of drug-likeness (QED) is 0.244. The largest absolute Gasteiger partial charge is 0.364 e. The van der Waals surface area contributed by atoms with Crippen LogP contribution in [-0.2, 0) is 0 Å². The number of hydrogen-bond acceptors (Lipinski definition) is 2. The molecule has 2 rings (SSSR count). The van der Waals surface area contributed by atoms with Crippen LogP contribution >= 0.6 is 0 Å². The van der Waals surface area contributed by atoms with Crippen molar-refractivity contribution in [3.63, 3.8) is 0 Å². The predicted octanol–water partition coefficient (Wildman–Crippen LogP) is 7.40. The number of allylic oxidation sites excluding steroid dienone is 6. The highest BCUT2D eigenvalue weighted by atomic mass is 15.1. The lowest BCUT2D eigenvalue weighted by atomic mass is 10.0.